The maximum atomic E-state index is 12.8. The molecule has 1 fully saturated rings. The average Bonchev–Trinajstić information content (AvgIpc) is 2.59. The molecule has 1 aliphatic carbocycles. The van der Waals surface area contributed by atoms with E-state index in [1.807, 2.05) is 36.1 Å². The number of hydrogen-bond acceptors (Lipinski definition) is 3. The molecule has 1 amide bonds. The lowest BCUT2D eigenvalue weighted by atomic mass is 9.94. The van der Waals surface area contributed by atoms with Crippen LogP contribution in [0.4, 0.5) is 0 Å². The smallest absolute Gasteiger partial charge is 0.269 e. The molecule has 0 bridgehead atoms. The molecular weight excluding hydrogens is 290 g/mol. The summed E-state index contributed by atoms with van der Waals surface area (Å²) in [4.78, 5) is 31.1. The molecule has 2 aromatic rings. The SMILES string of the molecule is CCN(C(=O)Cn1c(=O)cnc2ccccc21)C1CCCCC1. The molecule has 1 aromatic heterocycles. The Morgan fingerprint density at radius 1 is 1.26 bits per heavy atom. The van der Waals surface area contributed by atoms with E-state index in [1.54, 1.807) is 0 Å². The third-order valence-electron chi connectivity index (χ3n) is 4.72. The fourth-order valence-electron chi connectivity index (χ4n) is 3.53. The van der Waals surface area contributed by atoms with Crippen molar-refractivity contribution in [3.05, 3.63) is 40.8 Å². The van der Waals surface area contributed by atoms with Crippen LogP contribution < -0.4 is 5.56 Å². The van der Waals surface area contributed by atoms with E-state index in [9.17, 15) is 9.59 Å². The number of likely N-dealkylation sites (N-methyl/N-ethyl adjacent to an activating group) is 1. The van der Waals surface area contributed by atoms with Gasteiger partial charge in [-0.25, -0.2) is 4.98 Å². The minimum absolute atomic E-state index is 0.0258. The molecule has 23 heavy (non-hydrogen) atoms. The summed E-state index contributed by atoms with van der Waals surface area (Å²) in [6, 6.07) is 7.77. The third-order valence-corrected chi connectivity index (χ3v) is 4.72. The van der Waals surface area contributed by atoms with Gasteiger partial charge in [-0.2, -0.15) is 0 Å². The number of benzene rings is 1. The van der Waals surface area contributed by atoms with Gasteiger partial charge >= 0.3 is 0 Å². The van der Waals surface area contributed by atoms with Crippen LogP contribution in [0.15, 0.2) is 35.3 Å². The van der Waals surface area contributed by atoms with Crippen molar-refractivity contribution in [2.24, 2.45) is 0 Å². The maximum Gasteiger partial charge on any atom is 0.269 e. The molecule has 0 aliphatic heterocycles. The van der Waals surface area contributed by atoms with Crippen LogP contribution in [0.25, 0.3) is 11.0 Å². The van der Waals surface area contributed by atoms with E-state index >= 15 is 0 Å². The van der Waals surface area contributed by atoms with Crippen LogP contribution in [0.1, 0.15) is 39.0 Å². The zero-order chi connectivity index (χ0) is 16.2. The highest BCUT2D eigenvalue weighted by molar-refractivity contribution is 5.80. The minimum Gasteiger partial charge on any atom is -0.338 e. The zero-order valence-electron chi connectivity index (χ0n) is 13.6. The van der Waals surface area contributed by atoms with Gasteiger partial charge in [-0.15, -0.1) is 0 Å². The second-order valence-electron chi connectivity index (χ2n) is 6.14. The highest BCUT2D eigenvalue weighted by atomic mass is 16.2. The van der Waals surface area contributed by atoms with E-state index in [1.165, 1.54) is 30.0 Å². The Morgan fingerprint density at radius 3 is 2.74 bits per heavy atom. The van der Waals surface area contributed by atoms with Gasteiger partial charge in [0.2, 0.25) is 5.91 Å². The second kappa shape index (κ2) is 6.94. The summed E-state index contributed by atoms with van der Waals surface area (Å²) in [5.74, 6) is 0.0258. The molecule has 5 nitrogen and oxygen atoms in total. The van der Waals surface area contributed by atoms with Gasteiger partial charge in [0.05, 0.1) is 17.2 Å². The van der Waals surface area contributed by atoms with Gasteiger partial charge < -0.3 is 4.90 Å². The summed E-state index contributed by atoms with van der Waals surface area (Å²) in [5.41, 5.74) is 1.23. The van der Waals surface area contributed by atoms with Crippen LogP contribution in [0.2, 0.25) is 0 Å². The topological polar surface area (TPSA) is 55.2 Å². The van der Waals surface area contributed by atoms with E-state index in [0.29, 0.717) is 18.1 Å². The van der Waals surface area contributed by atoms with Gasteiger partial charge in [-0.3, -0.25) is 14.2 Å². The van der Waals surface area contributed by atoms with Crippen molar-refractivity contribution in [2.45, 2.75) is 51.6 Å². The van der Waals surface area contributed by atoms with Gasteiger partial charge in [-0.1, -0.05) is 31.4 Å². The Bertz CT molecular complexity index is 747. The highest BCUT2D eigenvalue weighted by Crippen LogP contribution is 2.23. The van der Waals surface area contributed by atoms with E-state index in [4.69, 9.17) is 0 Å². The number of aromatic nitrogens is 2. The predicted octanol–water partition coefficient (Wildman–Crippen LogP) is 2.58. The fraction of sp³-hybridized carbons (Fsp3) is 0.500. The van der Waals surface area contributed by atoms with Gasteiger partial charge in [0.1, 0.15) is 6.54 Å². The second-order valence-corrected chi connectivity index (χ2v) is 6.14. The predicted molar refractivity (Wildman–Crippen MR) is 90.3 cm³/mol. The van der Waals surface area contributed by atoms with Gasteiger partial charge in [0.25, 0.3) is 5.56 Å². The molecular formula is C18H23N3O2. The molecule has 1 aromatic carbocycles. The van der Waals surface area contributed by atoms with Crippen molar-refractivity contribution >= 4 is 16.9 Å². The summed E-state index contributed by atoms with van der Waals surface area (Å²) in [6.45, 7) is 2.80. The Morgan fingerprint density at radius 2 is 2.00 bits per heavy atom. The summed E-state index contributed by atoms with van der Waals surface area (Å²) in [7, 11) is 0. The van der Waals surface area contributed by atoms with Crippen molar-refractivity contribution in [3.8, 4) is 0 Å². The molecule has 5 heteroatoms. The zero-order valence-corrected chi connectivity index (χ0v) is 13.6. The maximum absolute atomic E-state index is 12.8. The largest absolute Gasteiger partial charge is 0.338 e. The molecule has 0 atom stereocenters. The molecule has 0 unspecified atom stereocenters. The van der Waals surface area contributed by atoms with Crippen LogP contribution >= 0.6 is 0 Å². The molecule has 0 saturated heterocycles. The third kappa shape index (κ3) is 3.28. The monoisotopic (exact) mass is 313 g/mol. The summed E-state index contributed by atoms with van der Waals surface area (Å²) >= 11 is 0. The first-order valence-electron chi connectivity index (χ1n) is 8.44. The fourth-order valence-corrected chi connectivity index (χ4v) is 3.53. The van der Waals surface area contributed by atoms with Crippen LogP contribution in [-0.4, -0.2) is 32.9 Å². The number of rotatable bonds is 4. The van der Waals surface area contributed by atoms with Crippen LogP contribution in [0, 0.1) is 0 Å². The first-order chi connectivity index (χ1) is 11.2. The molecule has 122 valence electrons. The van der Waals surface area contributed by atoms with Gasteiger partial charge in [-0.05, 0) is 31.9 Å². The molecule has 0 spiro atoms. The van der Waals surface area contributed by atoms with E-state index in [2.05, 4.69) is 4.98 Å². The molecule has 1 saturated carbocycles. The number of amides is 1. The first kappa shape index (κ1) is 15.7. The normalized spacial score (nSPS) is 15.7. The highest BCUT2D eigenvalue weighted by Gasteiger charge is 2.24. The Kier molecular flexibility index (Phi) is 4.74. The number of nitrogens with zero attached hydrogens (tertiary/aromatic N) is 3. The van der Waals surface area contributed by atoms with Crippen molar-refractivity contribution < 1.29 is 4.79 Å². The first-order valence-corrected chi connectivity index (χ1v) is 8.44. The standard InChI is InChI=1S/C18H23N3O2/c1-2-20(14-8-4-3-5-9-14)18(23)13-21-16-11-7-6-10-15(16)19-12-17(21)22/h6-7,10-12,14H,2-5,8-9,13H2,1H3. The van der Waals surface area contributed by atoms with Crippen molar-refractivity contribution in [3.63, 3.8) is 0 Å². The molecule has 1 heterocycles. The Balaban J connectivity index is 1.87. The molecule has 0 radical (unpaired) electrons. The van der Waals surface area contributed by atoms with Gasteiger partial charge in [0, 0.05) is 12.6 Å². The van der Waals surface area contributed by atoms with Crippen LogP contribution in [0.5, 0.6) is 0 Å². The summed E-state index contributed by atoms with van der Waals surface area (Å²) < 4.78 is 1.54. The number of fused-ring (bicyclic) bond motifs is 1. The average molecular weight is 313 g/mol. The Hall–Kier alpha value is -2.17. The lowest BCUT2D eigenvalue weighted by molar-refractivity contribution is -0.134. The van der Waals surface area contributed by atoms with Crippen molar-refractivity contribution in [1.29, 1.82) is 0 Å². The number of para-hydroxylation sites is 2. The molecule has 3 rings (SSSR count). The van der Waals surface area contributed by atoms with E-state index < -0.39 is 0 Å². The lowest BCUT2D eigenvalue weighted by Gasteiger charge is -2.33. The summed E-state index contributed by atoms with van der Waals surface area (Å²) in [6.07, 6.45) is 7.08. The number of carbonyl (C=O) groups excluding carboxylic acids is 1. The number of carbonyl (C=O) groups is 1. The van der Waals surface area contributed by atoms with E-state index in [-0.39, 0.29) is 18.0 Å². The minimum atomic E-state index is -0.225. The van der Waals surface area contributed by atoms with Crippen LogP contribution in [-0.2, 0) is 11.3 Å². The lowest BCUT2D eigenvalue weighted by Crippen LogP contribution is -2.44. The van der Waals surface area contributed by atoms with Crippen LogP contribution in [0.3, 0.4) is 0 Å². The number of hydrogen-bond donors (Lipinski definition) is 0. The molecule has 1 aliphatic rings. The van der Waals surface area contributed by atoms with Crippen molar-refractivity contribution in [2.75, 3.05) is 6.54 Å². The molecule has 0 N–H and O–H groups in total. The quantitative estimate of drug-likeness (QED) is 0.872. The van der Waals surface area contributed by atoms with E-state index in [0.717, 1.165) is 18.4 Å². The summed E-state index contributed by atoms with van der Waals surface area (Å²) in [5, 5.41) is 0. The van der Waals surface area contributed by atoms with Gasteiger partial charge in [0.15, 0.2) is 0 Å². The Labute approximate surface area is 135 Å². The van der Waals surface area contributed by atoms with Crippen molar-refractivity contribution in [1.82, 2.24) is 14.5 Å².